The fraction of sp³-hybridized carbons (Fsp3) is 0.444. The van der Waals surface area contributed by atoms with Crippen molar-refractivity contribution in [3.05, 3.63) is 35.6 Å². The lowest BCUT2D eigenvalue weighted by atomic mass is 10.2. The van der Waals surface area contributed by atoms with Crippen molar-refractivity contribution in [2.75, 3.05) is 47.0 Å². The zero-order valence-electron chi connectivity index (χ0n) is 14.7. The molecule has 1 saturated heterocycles. The summed E-state index contributed by atoms with van der Waals surface area (Å²) in [7, 11) is 0. The third-order valence-electron chi connectivity index (χ3n) is 4.61. The molecule has 0 radical (unpaired) electrons. The molecule has 1 aromatic heterocycles. The van der Waals surface area contributed by atoms with E-state index >= 15 is 0 Å². The Morgan fingerprint density at radius 2 is 1.92 bits per heavy atom. The molecule has 1 aliphatic rings. The third kappa shape index (κ3) is 4.07. The highest BCUT2D eigenvalue weighted by Gasteiger charge is 2.21. The molecular formula is C18H25ClN6. The van der Waals surface area contributed by atoms with Crippen molar-refractivity contribution in [2.45, 2.75) is 26.3 Å². The molecule has 7 heteroatoms. The van der Waals surface area contributed by atoms with Crippen LogP contribution in [0, 0.1) is 0 Å². The van der Waals surface area contributed by atoms with Crippen molar-refractivity contribution >= 4 is 34.6 Å². The van der Waals surface area contributed by atoms with Gasteiger partial charge in [-0.2, -0.15) is 0 Å². The van der Waals surface area contributed by atoms with Crippen LogP contribution < -0.4 is 20.9 Å². The smallest absolute Gasteiger partial charge is 0.157 e. The summed E-state index contributed by atoms with van der Waals surface area (Å²) in [4.78, 5) is 13.3. The lowest BCUT2D eigenvalue weighted by Gasteiger charge is -2.37. The number of hydrogen-bond donors (Lipinski definition) is 2. The molecule has 1 fully saturated rings. The minimum atomic E-state index is 0.324. The number of anilines is 4. The van der Waals surface area contributed by atoms with Crippen molar-refractivity contribution in [1.29, 1.82) is 0 Å². The fourth-order valence-corrected chi connectivity index (χ4v) is 3.12. The largest absolute Gasteiger partial charge is 0.393 e. The Bertz CT molecular complexity index is 714. The van der Waals surface area contributed by atoms with E-state index in [1.807, 2.05) is 18.2 Å². The number of halogens is 1. The highest BCUT2D eigenvalue weighted by molar-refractivity contribution is 6.30. The monoisotopic (exact) mass is 360 g/mol. The standard InChI is InChI=1S/C18H25ClN6/c1-3-13(2)23-17-16(20)18(22-12-21-17)25-9-7-24(8-10-25)15-6-4-5-14(19)11-15/h4-6,11-13H,3,7-10,20H2,1-2H3,(H,21,22,23). The Morgan fingerprint density at radius 3 is 2.60 bits per heavy atom. The van der Waals surface area contributed by atoms with E-state index in [1.165, 1.54) is 0 Å². The predicted octanol–water partition coefficient (Wildman–Crippen LogP) is 3.25. The Balaban J connectivity index is 1.69. The van der Waals surface area contributed by atoms with Crippen molar-refractivity contribution in [2.24, 2.45) is 0 Å². The van der Waals surface area contributed by atoms with E-state index < -0.39 is 0 Å². The molecule has 0 spiro atoms. The van der Waals surface area contributed by atoms with E-state index in [4.69, 9.17) is 17.3 Å². The molecular weight excluding hydrogens is 336 g/mol. The molecule has 2 aromatic rings. The van der Waals surface area contributed by atoms with E-state index in [0.29, 0.717) is 11.7 Å². The minimum absolute atomic E-state index is 0.324. The Hall–Kier alpha value is -2.21. The van der Waals surface area contributed by atoms with Crippen LogP contribution in [0.3, 0.4) is 0 Å². The Morgan fingerprint density at radius 1 is 1.20 bits per heavy atom. The van der Waals surface area contributed by atoms with Crippen LogP contribution in [0.5, 0.6) is 0 Å². The van der Waals surface area contributed by atoms with Crippen LogP contribution in [0.1, 0.15) is 20.3 Å². The van der Waals surface area contributed by atoms with Gasteiger partial charge in [-0.1, -0.05) is 24.6 Å². The van der Waals surface area contributed by atoms with E-state index in [0.717, 1.165) is 54.9 Å². The van der Waals surface area contributed by atoms with E-state index in [1.54, 1.807) is 6.33 Å². The first-order valence-electron chi connectivity index (χ1n) is 8.71. The summed E-state index contributed by atoms with van der Waals surface area (Å²) in [6.45, 7) is 7.76. The van der Waals surface area contributed by atoms with Gasteiger partial charge in [0, 0.05) is 42.9 Å². The van der Waals surface area contributed by atoms with Crippen LogP contribution in [0.4, 0.5) is 23.0 Å². The van der Waals surface area contributed by atoms with Crippen LogP contribution in [0.2, 0.25) is 5.02 Å². The van der Waals surface area contributed by atoms with Gasteiger partial charge in [-0.3, -0.25) is 0 Å². The van der Waals surface area contributed by atoms with E-state index in [2.05, 4.69) is 45.0 Å². The normalized spacial score (nSPS) is 16.0. The van der Waals surface area contributed by atoms with Gasteiger partial charge < -0.3 is 20.9 Å². The average Bonchev–Trinajstić information content (AvgIpc) is 2.63. The Kier molecular flexibility index (Phi) is 5.48. The molecule has 134 valence electrons. The molecule has 0 saturated carbocycles. The number of rotatable bonds is 5. The molecule has 0 amide bonds. The second-order valence-electron chi connectivity index (χ2n) is 6.37. The average molecular weight is 361 g/mol. The zero-order valence-corrected chi connectivity index (χ0v) is 15.5. The van der Waals surface area contributed by atoms with Gasteiger partial charge in [0.2, 0.25) is 0 Å². The topological polar surface area (TPSA) is 70.3 Å². The van der Waals surface area contributed by atoms with Gasteiger partial charge in [0.25, 0.3) is 0 Å². The van der Waals surface area contributed by atoms with Gasteiger partial charge in [0.15, 0.2) is 11.6 Å². The first kappa shape index (κ1) is 17.6. The molecule has 0 bridgehead atoms. The number of nitrogens with zero attached hydrogens (tertiary/aromatic N) is 4. The highest BCUT2D eigenvalue weighted by Crippen LogP contribution is 2.28. The maximum Gasteiger partial charge on any atom is 0.157 e. The van der Waals surface area contributed by atoms with Gasteiger partial charge in [-0.25, -0.2) is 9.97 Å². The first-order valence-corrected chi connectivity index (χ1v) is 9.08. The Labute approximate surface area is 154 Å². The van der Waals surface area contributed by atoms with E-state index in [-0.39, 0.29) is 0 Å². The molecule has 3 N–H and O–H groups in total. The fourth-order valence-electron chi connectivity index (χ4n) is 2.94. The quantitative estimate of drug-likeness (QED) is 0.852. The van der Waals surface area contributed by atoms with Crippen molar-refractivity contribution in [3.8, 4) is 0 Å². The first-order chi connectivity index (χ1) is 12.1. The molecule has 1 aromatic carbocycles. The highest BCUT2D eigenvalue weighted by atomic mass is 35.5. The number of nitrogens with one attached hydrogen (secondary N) is 1. The number of aromatic nitrogens is 2. The van der Waals surface area contributed by atoms with Crippen LogP contribution in [0.25, 0.3) is 0 Å². The summed E-state index contributed by atoms with van der Waals surface area (Å²) >= 11 is 6.10. The van der Waals surface area contributed by atoms with Gasteiger partial charge in [0.05, 0.1) is 0 Å². The second kappa shape index (κ2) is 7.78. The van der Waals surface area contributed by atoms with Gasteiger partial charge >= 0.3 is 0 Å². The maximum absolute atomic E-state index is 6.32. The van der Waals surface area contributed by atoms with Crippen molar-refractivity contribution < 1.29 is 0 Å². The van der Waals surface area contributed by atoms with Crippen LogP contribution >= 0.6 is 11.6 Å². The van der Waals surface area contributed by atoms with Crippen LogP contribution in [-0.4, -0.2) is 42.2 Å². The molecule has 2 heterocycles. The summed E-state index contributed by atoms with van der Waals surface area (Å²) in [5, 5.41) is 4.12. The number of nitrogen functional groups attached to an aromatic ring is 1. The molecule has 1 unspecified atom stereocenters. The number of benzene rings is 1. The lowest BCUT2D eigenvalue weighted by molar-refractivity contribution is 0.647. The SMILES string of the molecule is CCC(C)Nc1ncnc(N2CCN(c3cccc(Cl)c3)CC2)c1N. The van der Waals surface area contributed by atoms with Gasteiger partial charge in [0.1, 0.15) is 12.0 Å². The summed E-state index contributed by atoms with van der Waals surface area (Å²) in [6, 6.07) is 8.30. The number of nitrogens with two attached hydrogens (primary N) is 1. The summed E-state index contributed by atoms with van der Waals surface area (Å²) in [5.74, 6) is 1.53. The zero-order chi connectivity index (χ0) is 17.8. The minimum Gasteiger partial charge on any atom is -0.393 e. The number of piperazine rings is 1. The molecule has 1 atom stereocenters. The predicted molar refractivity (Wildman–Crippen MR) is 106 cm³/mol. The van der Waals surface area contributed by atoms with Gasteiger partial charge in [-0.05, 0) is 31.5 Å². The summed E-state index contributed by atoms with van der Waals surface area (Å²) in [6.07, 6.45) is 2.59. The van der Waals surface area contributed by atoms with Crippen LogP contribution in [0.15, 0.2) is 30.6 Å². The number of hydrogen-bond acceptors (Lipinski definition) is 6. The van der Waals surface area contributed by atoms with Gasteiger partial charge in [-0.15, -0.1) is 0 Å². The van der Waals surface area contributed by atoms with Crippen molar-refractivity contribution in [1.82, 2.24) is 9.97 Å². The summed E-state index contributed by atoms with van der Waals surface area (Å²) in [5.41, 5.74) is 8.10. The van der Waals surface area contributed by atoms with Crippen LogP contribution in [-0.2, 0) is 0 Å². The maximum atomic E-state index is 6.32. The lowest BCUT2D eigenvalue weighted by Crippen LogP contribution is -2.47. The third-order valence-corrected chi connectivity index (χ3v) is 4.85. The second-order valence-corrected chi connectivity index (χ2v) is 6.80. The van der Waals surface area contributed by atoms with Crippen molar-refractivity contribution in [3.63, 3.8) is 0 Å². The molecule has 0 aliphatic carbocycles. The molecule has 25 heavy (non-hydrogen) atoms. The summed E-state index contributed by atoms with van der Waals surface area (Å²) < 4.78 is 0. The van der Waals surface area contributed by atoms with E-state index in [9.17, 15) is 0 Å². The molecule has 1 aliphatic heterocycles. The molecule has 6 nitrogen and oxygen atoms in total. The molecule has 3 rings (SSSR count).